The number of aliphatic hydroxyl groups excluding tert-OH is 1. The van der Waals surface area contributed by atoms with Gasteiger partial charge in [0.15, 0.2) is 0 Å². The topological polar surface area (TPSA) is 67.8 Å². The van der Waals surface area contributed by atoms with Crippen molar-refractivity contribution in [3.05, 3.63) is 29.8 Å². The average Bonchev–Trinajstić information content (AvgIpc) is 2.52. The molecule has 21 heavy (non-hydrogen) atoms. The van der Waals surface area contributed by atoms with E-state index in [1.165, 1.54) is 7.11 Å². The maximum atomic E-state index is 11.4. The SMILES string of the molecule is CCCOc1ccc(C(O)C(CC(=O)OC)NCC)cc1. The van der Waals surface area contributed by atoms with E-state index in [4.69, 9.17) is 4.74 Å². The lowest BCUT2D eigenvalue weighted by molar-refractivity contribution is -0.142. The van der Waals surface area contributed by atoms with Crippen LogP contribution in [0, 0.1) is 0 Å². The highest BCUT2D eigenvalue weighted by molar-refractivity contribution is 5.70. The third kappa shape index (κ3) is 5.73. The second-order valence-corrected chi connectivity index (χ2v) is 4.81. The maximum absolute atomic E-state index is 11.4. The van der Waals surface area contributed by atoms with Gasteiger partial charge in [0.05, 0.1) is 26.2 Å². The molecule has 0 aliphatic heterocycles. The summed E-state index contributed by atoms with van der Waals surface area (Å²) in [5, 5.41) is 13.5. The molecule has 0 aromatic heterocycles. The molecule has 118 valence electrons. The zero-order chi connectivity index (χ0) is 15.7. The van der Waals surface area contributed by atoms with Crippen molar-refractivity contribution in [2.75, 3.05) is 20.3 Å². The molecule has 2 N–H and O–H groups in total. The van der Waals surface area contributed by atoms with Crippen molar-refractivity contribution in [1.29, 1.82) is 0 Å². The van der Waals surface area contributed by atoms with Gasteiger partial charge >= 0.3 is 5.97 Å². The molecular weight excluding hydrogens is 270 g/mol. The lowest BCUT2D eigenvalue weighted by Gasteiger charge is -2.23. The Balaban J connectivity index is 2.73. The van der Waals surface area contributed by atoms with Crippen LogP contribution in [0.2, 0.25) is 0 Å². The van der Waals surface area contributed by atoms with E-state index in [-0.39, 0.29) is 18.4 Å². The van der Waals surface area contributed by atoms with E-state index in [2.05, 4.69) is 10.1 Å². The number of carbonyl (C=O) groups excluding carboxylic acids is 1. The van der Waals surface area contributed by atoms with Crippen LogP contribution in [0.1, 0.15) is 38.4 Å². The smallest absolute Gasteiger partial charge is 0.307 e. The second kappa shape index (κ2) is 9.37. The Hall–Kier alpha value is -1.59. The highest BCUT2D eigenvalue weighted by atomic mass is 16.5. The number of carbonyl (C=O) groups is 1. The van der Waals surface area contributed by atoms with Crippen LogP contribution in [-0.4, -0.2) is 37.4 Å². The van der Waals surface area contributed by atoms with Crippen LogP contribution in [0.15, 0.2) is 24.3 Å². The zero-order valence-corrected chi connectivity index (χ0v) is 13.0. The van der Waals surface area contributed by atoms with Gasteiger partial charge in [-0.3, -0.25) is 4.79 Å². The Morgan fingerprint density at radius 1 is 1.29 bits per heavy atom. The van der Waals surface area contributed by atoms with E-state index in [0.717, 1.165) is 17.7 Å². The molecule has 1 aromatic carbocycles. The molecule has 0 aliphatic carbocycles. The number of benzene rings is 1. The Morgan fingerprint density at radius 3 is 2.48 bits per heavy atom. The average molecular weight is 295 g/mol. The zero-order valence-electron chi connectivity index (χ0n) is 13.0. The van der Waals surface area contributed by atoms with E-state index in [0.29, 0.717) is 13.2 Å². The quantitative estimate of drug-likeness (QED) is 0.683. The fourth-order valence-corrected chi connectivity index (χ4v) is 2.03. The molecule has 0 bridgehead atoms. The fourth-order valence-electron chi connectivity index (χ4n) is 2.03. The normalized spacial score (nSPS) is 13.5. The summed E-state index contributed by atoms with van der Waals surface area (Å²) >= 11 is 0. The van der Waals surface area contributed by atoms with Crippen LogP contribution in [0.5, 0.6) is 5.75 Å². The predicted octanol–water partition coefficient (Wildman–Crippen LogP) is 2.05. The van der Waals surface area contributed by atoms with Gasteiger partial charge in [-0.15, -0.1) is 0 Å². The molecule has 0 aliphatic rings. The molecule has 0 heterocycles. The first-order valence-corrected chi connectivity index (χ1v) is 7.33. The van der Waals surface area contributed by atoms with Crippen LogP contribution in [0.3, 0.4) is 0 Å². The second-order valence-electron chi connectivity index (χ2n) is 4.81. The number of likely N-dealkylation sites (N-methyl/N-ethyl adjacent to an activating group) is 1. The number of ether oxygens (including phenoxy) is 2. The first-order valence-electron chi connectivity index (χ1n) is 7.33. The molecule has 1 aromatic rings. The molecule has 0 spiro atoms. The van der Waals surface area contributed by atoms with E-state index in [1.54, 1.807) is 0 Å². The minimum atomic E-state index is -0.774. The van der Waals surface area contributed by atoms with Gasteiger partial charge in [0.25, 0.3) is 0 Å². The van der Waals surface area contributed by atoms with Crippen molar-refractivity contribution in [3.63, 3.8) is 0 Å². The Kier molecular flexibility index (Phi) is 7.79. The molecule has 0 radical (unpaired) electrons. The van der Waals surface area contributed by atoms with Gasteiger partial charge in [0.1, 0.15) is 5.75 Å². The van der Waals surface area contributed by atoms with Crippen molar-refractivity contribution in [2.24, 2.45) is 0 Å². The summed E-state index contributed by atoms with van der Waals surface area (Å²) in [6.45, 7) is 5.31. The number of nitrogens with one attached hydrogen (secondary N) is 1. The van der Waals surface area contributed by atoms with E-state index < -0.39 is 6.10 Å². The fraction of sp³-hybridized carbons (Fsp3) is 0.562. The van der Waals surface area contributed by atoms with Crippen LogP contribution in [0.4, 0.5) is 0 Å². The van der Waals surface area contributed by atoms with Gasteiger partial charge < -0.3 is 19.9 Å². The molecule has 0 saturated heterocycles. The summed E-state index contributed by atoms with van der Waals surface area (Å²) in [7, 11) is 1.34. The molecule has 5 nitrogen and oxygen atoms in total. The first kappa shape index (κ1) is 17.5. The third-order valence-electron chi connectivity index (χ3n) is 3.16. The predicted molar refractivity (Wildman–Crippen MR) is 81.3 cm³/mol. The summed E-state index contributed by atoms with van der Waals surface area (Å²) in [5.41, 5.74) is 0.744. The summed E-state index contributed by atoms with van der Waals surface area (Å²) in [6.07, 6.45) is 0.301. The van der Waals surface area contributed by atoms with Gasteiger partial charge in [-0.25, -0.2) is 0 Å². The van der Waals surface area contributed by atoms with Crippen LogP contribution in [-0.2, 0) is 9.53 Å². The number of rotatable bonds is 9. The number of hydrogen-bond donors (Lipinski definition) is 2. The third-order valence-corrected chi connectivity index (χ3v) is 3.16. The lowest BCUT2D eigenvalue weighted by atomic mass is 9.99. The van der Waals surface area contributed by atoms with Crippen LogP contribution < -0.4 is 10.1 Å². The highest BCUT2D eigenvalue weighted by Gasteiger charge is 2.23. The number of aliphatic hydroxyl groups is 1. The minimum absolute atomic E-state index is 0.125. The molecular formula is C16H25NO4. The van der Waals surface area contributed by atoms with Crippen molar-refractivity contribution >= 4 is 5.97 Å². The van der Waals surface area contributed by atoms with Crippen LogP contribution in [0.25, 0.3) is 0 Å². The van der Waals surface area contributed by atoms with Gasteiger partial charge in [-0.05, 0) is 30.7 Å². The standard InChI is InChI=1S/C16H25NO4/c1-4-10-21-13-8-6-12(7-9-13)16(19)14(17-5-2)11-15(18)20-3/h6-9,14,16-17,19H,4-5,10-11H2,1-3H3. The molecule has 0 fully saturated rings. The van der Waals surface area contributed by atoms with Gasteiger partial charge in [-0.2, -0.15) is 0 Å². The largest absolute Gasteiger partial charge is 0.494 e. The molecule has 2 unspecified atom stereocenters. The van der Waals surface area contributed by atoms with Gasteiger partial charge in [-0.1, -0.05) is 26.0 Å². The Bertz CT molecular complexity index is 419. The van der Waals surface area contributed by atoms with Gasteiger partial charge in [0.2, 0.25) is 0 Å². The van der Waals surface area contributed by atoms with Crippen molar-refractivity contribution in [3.8, 4) is 5.75 Å². The summed E-state index contributed by atoms with van der Waals surface area (Å²) < 4.78 is 10.2. The van der Waals surface area contributed by atoms with Gasteiger partial charge in [0, 0.05) is 6.04 Å². The lowest BCUT2D eigenvalue weighted by Crippen LogP contribution is -2.37. The van der Waals surface area contributed by atoms with E-state index in [1.807, 2.05) is 38.1 Å². The Morgan fingerprint density at radius 2 is 1.95 bits per heavy atom. The summed E-state index contributed by atoms with van der Waals surface area (Å²) in [5.74, 6) is 0.434. The molecule has 5 heteroatoms. The number of methoxy groups -OCH3 is 1. The summed E-state index contributed by atoms with van der Waals surface area (Å²) in [4.78, 5) is 11.4. The highest BCUT2D eigenvalue weighted by Crippen LogP contribution is 2.22. The van der Waals surface area contributed by atoms with E-state index in [9.17, 15) is 9.90 Å². The number of hydrogen-bond acceptors (Lipinski definition) is 5. The molecule has 0 amide bonds. The first-order chi connectivity index (χ1) is 10.1. The molecule has 0 saturated carbocycles. The molecule has 1 rings (SSSR count). The minimum Gasteiger partial charge on any atom is -0.494 e. The summed E-state index contributed by atoms with van der Waals surface area (Å²) in [6, 6.07) is 6.92. The van der Waals surface area contributed by atoms with E-state index >= 15 is 0 Å². The van der Waals surface area contributed by atoms with Crippen molar-refractivity contribution in [1.82, 2.24) is 5.32 Å². The van der Waals surface area contributed by atoms with Crippen molar-refractivity contribution < 1.29 is 19.4 Å². The maximum Gasteiger partial charge on any atom is 0.307 e. The molecule has 2 atom stereocenters. The van der Waals surface area contributed by atoms with Crippen LogP contribution >= 0.6 is 0 Å². The van der Waals surface area contributed by atoms with Crippen molar-refractivity contribution in [2.45, 2.75) is 38.8 Å². The number of esters is 1. The monoisotopic (exact) mass is 295 g/mol. The Labute approximate surface area is 126 Å².